The molecule has 1 aliphatic rings. The second-order valence-electron chi connectivity index (χ2n) is 6.22. The Morgan fingerprint density at radius 1 is 1.31 bits per heavy atom. The lowest BCUT2D eigenvalue weighted by atomic mass is 9.84. The Hall–Kier alpha value is -0.570. The Morgan fingerprint density at radius 2 is 1.88 bits per heavy atom. The standard InChI is InChI=1S/C13H26N2O/c1-9-7-5-6-8-10(9)15-12(16)11(14)13(2,3)4/h9-11H,5-8,14H2,1-4H3,(H,15,16). The molecule has 1 rings (SSSR count). The lowest BCUT2D eigenvalue weighted by molar-refractivity contribution is -0.125. The van der Waals surface area contributed by atoms with Crippen LogP contribution >= 0.6 is 0 Å². The summed E-state index contributed by atoms with van der Waals surface area (Å²) in [7, 11) is 0. The van der Waals surface area contributed by atoms with Gasteiger partial charge in [0.25, 0.3) is 0 Å². The highest BCUT2D eigenvalue weighted by molar-refractivity contribution is 5.82. The van der Waals surface area contributed by atoms with Gasteiger partial charge in [0.15, 0.2) is 0 Å². The van der Waals surface area contributed by atoms with Crippen LogP contribution in [0.25, 0.3) is 0 Å². The van der Waals surface area contributed by atoms with Crippen LogP contribution in [0.3, 0.4) is 0 Å². The number of nitrogens with two attached hydrogens (primary N) is 1. The van der Waals surface area contributed by atoms with E-state index in [4.69, 9.17) is 5.73 Å². The number of amides is 1. The molecule has 3 heteroatoms. The van der Waals surface area contributed by atoms with E-state index in [1.807, 2.05) is 20.8 Å². The molecule has 3 N–H and O–H groups in total. The predicted molar refractivity (Wildman–Crippen MR) is 67.0 cm³/mol. The molecule has 1 saturated carbocycles. The number of hydrogen-bond acceptors (Lipinski definition) is 2. The van der Waals surface area contributed by atoms with Crippen molar-refractivity contribution < 1.29 is 4.79 Å². The molecule has 94 valence electrons. The molecule has 0 bridgehead atoms. The van der Waals surface area contributed by atoms with E-state index >= 15 is 0 Å². The highest BCUT2D eigenvalue weighted by atomic mass is 16.2. The van der Waals surface area contributed by atoms with Gasteiger partial charge in [-0.15, -0.1) is 0 Å². The number of hydrogen-bond donors (Lipinski definition) is 2. The Kier molecular flexibility index (Phi) is 4.36. The number of carbonyl (C=O) groups is 1. The fourth-order valence-electron chi connectivity index (χ4n) is 2.20. The number of rotatable bonds is 2. The summed E-state index contributed by atoms with van der Waals surface area (Å²) in [6, 6.07) is -0.0868. The van der Waals surface area contributed by atoms with E-state index in [0.717, 1.165) is 6.42 Å². The third kappa shape index (κ3) is 3.48. The van der Waals surface area contributed by atoms with Crippen molar-refractivity contribution in [1.29, 1.82) is 0 Å². The molecule has 3 atom stereocenters. The largest absolute Gasteiger partial charge is 0.352 e. The zero-order valence-corrected chi connectivity index (χ0v) is 11.0. The SMILES string of the molecule is CC1CCCCC1NC(=O)C(N)C(C)(C)C. The molecule has 0 heterocycles. The van der Waals surface area contributed by atoms with Crippen molar-refractivity contribution in [3.8, 4) is 0 Å². The van der Waals surface area contributed by atoms with E-state index in [9.17, 15) is 4.79 Å². The Labute approximate surface area is 99.2 Å². The maximum Gasteiger partial charge on any atom is 0.237 e. The minimum atomic E-state index is -0.415. The van der Waals surface area contributed by atoms with Crippen LogP contribution in [0.15, 0.2) is 0 Å². The van der Waals surface area contributed by atoms with Crippen LogP contribution in [0.4, 0.5) is 0 Å². The molecule has 0 saturated heterocycles. The molecule has 3 unspecified atom stereocenters. The maximum atomic E-state index is 12.0. The molecule has 16 heavy (non-hydrogen) atoms. The molecule has 0 aromatic rings. The minimum absolute atomic E-state index is 0.00579. The molecule has 3 nitrogen and oxygen atoms in total. The molecule has 1 amide bonds. The highest BCUT2D eigenvalue weighted by Crippen LogP contribution is 2.24. The molecular formula is C13H26N2O. The second-order valence-corrected chi connectivity index (χ2v) is 6.22. The summed E-state index contributed by atoms with van der Waals surface area (Å²) >= 11 is 0. The molecule has 0 aromatic carbocycles. The van der Waals surface area contributed by atoms with Crippen molar-refractivity contribution in [2.24, 2.45) is 17.1 Å². The van der Waals surface area contributed by atoms with E-state index in [-0.39, 0.29) is 11.3 Å². The summed E-state index contributed by atoms with van der Waals surface area (Å²) < 4.78 is 0. The van der Waals surface area contributed by atoms with Crippen LogP contribution < -0.4 is 11.1 Å². The monoisotopic (exact) mass is 226 g/mol. The van der Waals surface area contributed by atoms with Crippen molar-refractivity contribution >= 4 is 5.91 Å². The maximum absolute atomic E-state index is 12.0. The summed E-state index contributed by atoms with van der Waals surface area (Å²) in [5.41, 5.74) is 5.78. The minimum Gasteiger partial charge on any atom is -0.352 e. The summed E-state index contributed by atoms with van der Waals surface area (Å²) in [5.74, 6) is 0.594. The summed E-state index contributed by atoms with van der Waals surface area (Å²) in [6.07, 6.45) is 4.83. The van der Waals surface area contributed by atoms with Gasteiger partial charge in [-0.1, -0.05) is 40.5 Å². The second kappa shape index (κ2) is 5.17. The average molecular weight is 226 g/mol. The van der Waals surface area contributed by atoms with Gasteiger partial charge in [0.2, 0.25) is 5.91 Å². The molecule has 0 aromatic heterocycles. The van der Waals surface area contributed by atoms with Crippen molar-refractivity contribution in [3.05, 3.63) is 0 Å². The molecular weight excluding hydrogens is 200 g/mol. The van der Waals surface area contributed by atoms with Gasteiger partial charge in [-0.25, -0.2) is 0 Å². The Bertz CT molecular complexity index is 245. The Morgan fingerprint density at radius 3 is 2.38 bits per heavy atom. The smallest absolute Gasteiger partial charge is 0.237 e. The Balaban J connectivity index is 2.50. The van der Waals surface area contributed by atoms with Crippen molar-refractivity contribution in [3.63, 3.8) is 0 Å². The van der Waals surface area contributed by atoms with E-state index < -0.39 is 6.04 Å². The van der Waals surface area contributed by atoms with Crippen molar-refractivity contribution in [2.75, 3.05) is 0 Å². The zero-order valence-electron chi connectivity index (χ0n) is 11.0. The van der Waals surface area contributed by atoms with Crippen LogP contribution in [0.5, 0.6) is 0 Å². The van der Waals surface area contributed by atoms with E-state index in [1.165, 1.54) is 19.3 Å². The average Bonchev–Trinajstić information content (AvgIpc) is 2.19. The fraction of sp³-hybridized carbons (Fsp3) is 0.923. The summed E-state index contributed by atoms with van der Waals surface area (Å²) in [5, 5.41) is 3.11. The first-order valence-corrected chi connectivity index (χ1v) is 6.38. The number of carbonyl (C=O) groups excluding carboxylic acids is 1. The van der Waals surface area contributed by atoms with Crippen LogP contribution in [0, 0.1) is 11.3 Å². The van der Waals surface area contributed by atoms with Gasteiger partial charge in [0, 0.05) is 6.04 Å². The quantitative estimate of drug-likeness (QED) is 0.757. The predicted octanol–water partition coefficient (Wildman–Crippen LogP) is 2.05. The van der Waals surface area contributed by atoms with E-state index in [1.54, 1.807) is 0 Å². The van der Waals surface area contributed by atoms with E-state index in [0.29, 0.717) is 12.0 Å². The van der Waals surface area contributed by atoms with Gasteiger partial charge in [-0.05, 0) is 24.2 Å². The van der Waals surface area contributed by atoms with Gasteiger partial charge in [0.1, 0.15) is 0 Å². The van der Waals surface area contributed by atoms with Crippen LogP contribution in [0.2, 0.25) is 0 Å². The van der Waals surface area contributed by atoms with Gasteiger partial charge < -0.3 is 11.1 Å². The lowest BCUT2D eigenvalue weighted by Gasteiger charge is -2.33. The molecule has 0 spiro atoms. The summed E-state index contributed by atoms with van der Waals surface area (Å²) in [4.78, 5) is 12.0. The first-order chi connectivity index (χ1) is 7.32. The first kappa shape index (κ1) is 13.5. The lowest BCUT2D eigenvalue weighted by Crippen LogP contribution is -2.53. The normalized spacial score (nSPS) is 28.6. The van der Waals surface area contributed by atoms with Gasteiger partial charge >= 0.3 is 0 Å². The van der Waals surface area contributed by atoms with Gasteiger partial charge in [0.05, 0.1) is 6.04 Å². The molecule has 1 fully saturated rings. The van der Waals surface area contributed by atoms with Crippen LogP contribution in [0.1, 0.15) is 53.4 Å². The first-order valence-electron chi connectivity index (χ1n) is 6.38. The van der Waals surface area contributed by atoms with Crippen molar-refractivity contribution in [2.45, 2.75) is 65.5 Å². The third-order valence-corrected chi connectivity index (χ3v) is 3.65. The van der Waals surface area contributed by atoms with Crippen LogP contribution in [-0.2, 0) is 4.79 Å². The summed E-state index contributed by atoms with van der Waals surface area (Å²) in [6.45, 7) is 8.22. The van der Waals surface area contributed by atoms with Gasteiger partial charge in [-0.2, -0.15) is 0 Å². The zero-order chi connectivity index (χ0) is 12.3. The molecule has 1 aliphatic carbocycles. The third-order valence-electron chi connectivity index (χ3n) is 3.65. The topological polar surface area (TPSA) is 55.1 Å². The van der Waals surface area contributed by atoms with E-state index in [2.05, 4.69) is 12.2 Å². The molecule has 0 aliphatic heterocycles. The van der Waals surface area contributed by atoms with Crippen molar-refractivity contribution in [1.82, 2.24) is 5.32 Å². The van der Waals surface area contributed by atoms with Crippen LogP contribution in [-0.4, -0.2) is 18.0 Å². The fourth-order valence-corrected chi connectivity index (χ4v) is 2.20. The number of nitrogens with one attached hydrogen (secondary N) is 1. The highest BCUT2D eigenvalue weighted by Gasteiger charge is 2.30. The molecule has 0 radical (unpaired) electrons. The van der Waals surface area contributed by atoms with Gasteiger partial charge in [-0.3, -0.25) is 4.79 Å².